The first-order valence-electron chi connectivity index (χ1n) is 8.02. The van der Waals surface area contributed by atoms with Gasteiger partial charge >= 0.3 is 0 Å². The lowest BCUT2D eigenvalue weighted by molar-refractivity contribution is 0.417. The van der Waals surface area contributed by atoms with Gasteiger partial charge < -0.3 is 10.1 Å². The van der Waals surface area contributed by atoms with Gasteiger partial charge in [-0.3, -0.25) is 10.4 Å². The molecule has 130 valence electrons. The van der Waals surface area contributed by atoms with Crippen molar-refractivity contribution >= 4 is 28.7 Å². The number of rotatable bonds is 5. The molecule has 2 aromatic carbocycles. The molecule has 0 saturated heterocycles. The summed E-state index contributed by atoms with van der Waals surface area (Å²) in [6.45, 7) is 0. The molecular formula is C20H18N4OS. The van der Waals surface area contributed by atoms with E-state index in [2.05, 4.69) is 20.8 Å². The number of ether oxygens (including phenoxy) is 1. The molecule has 26 heavy (non-hydrogen) atoms. The predicted molar refractivity (Wildman–Crippen MR) is 109 cm³/mol. The van der Waals surface area contributed by atoms with Crippen molar-refractivity contribution in [3.8, 4) is 5.75 Å². The van der Waals surface area contributed by atoms with Gasteiger partial charge in [-0.2, -0.15) is 5.10 Å². The molecule has 0 radical (unpaired) electrons. The highest BCUT2D eigenvalue weighted by Crippen LogP contribution is 2.22. The molecule has 0 spiro atoms. The Morgan fingerprint density at radius 2 is 1.69 bits per heavy atom. The maximum Gasteiger partial charge on any atom is 0.191 e. The van der Waals surface area contributed by atoms with Crippen molar-refractivity contribution in [2.24, 2.45) is 5.10 Å². The van der Waals surface area contributed by atoms with Crippen LogP contribution in [0.4, 0.5) is 5.69 Å². The monoisotopic (exact) mass is 362 g/mol. The third-order valence-electron chi connectivity index (χ3n) is 3.58. The normalized spacial score (nSPS) is 10.9. The van der Waals surface area contributed by atoms with E-state index in [1.54, 1.807) is 13.3 Å². The van der Waals surface area contributed by atoms with Crippen LogP contribution in [0.5, 0.6) is 5.75 Å². The van der Waals surface area contributed by atoms with Gasteiger partial charge in [0.15, 0.2) is 5.11 Å². The van der Waals surface area contributed by atoms with Crippen LogP contribution in [0, 0.1) is 0 Å². The summed E-state index contributed by atoms with van der Waals surface area (Å²) in [4.78, 5) is 4.39. The highest BCUT2D eigenvalue weighted by Gasteiger charge is 2.09. The first kappa shape index (κ1) is 17.6. The number of benzene rings is 2. The first-order chi connectivity index (χ1) is 12.8. The van der Waals surface area contributed by atoms with Gasteiger partial charge in [0.05, 0.1) is 18.5 Å². The Morgan fingerprint density at radius 1 is 0.962 bits per heavy atom. The van der Waals surface area contributed by atoms with Gasteiger partial charge in [0.25, 0.3) is 0 Å². The molecule has 0 aliphatic rings. The molecule has 0 aliphatic carbocycles. The summed E-state index contributed by atoms with van der Waals surface area (Å²) in [7, 11) is 1.61. The minimum absolute atomic E-state index is 0.360. The van der Waals surface area contributed by atoms with Crippen molar-refractivity contribution in [3.05, 3.63) is 90.3 Å². The number of anilines is 1. The molecule has 5 nitrogen and oxygen atoms in total. The van der Waals surface area contributed by atoms with Gasteiger partial charge in [0, 0.05) is 11.8 Å². The van der Waals surface area contributed by atoms with Crippen LogP contribution in [-0.2, 0) is 0 Å². The fourth-order valence-corrected chi connectivity index (χ4v) is 2.53. The quantitative estimate of drug-likeness (QED) is 0.410. The lowest BCUT2D eigenvalue weighted by Crippen LogP contribution is -2.26. The summed E-state index contributed by atoms with van der Waals surface area (Å²) in [6.07, 6.45) is 1.74. The van der Waals surface area contributed by atoms with Crippen LogP contribution in [0.15, 0.2) is 84.1 Å². The van der Waals surface area contributed by atoms with Crippen LogP contribution < -0.4 is 15.5 Å². The Labute approximate surface area is 157 Å². The van der Waals surface area contributed by atoms with Crippen LogP contribution in [0.3, 0.4) is 0 Å². The molecule has 0 unspecified atom stereocenters. The maximum atomic E-state index is 5.36. The second kappa shape index (κ2) is 8.73. The van der Waals surface area contributed by atoms with E-state index in [0.717, 1.165) is 16.9 Å². The number of para-hydroxylation sites is 2. The number of hydrazone groups is 1. The number of hydrogen-bond acceptors (Lipinski definition) is 4. The Morgan fingerprint density at radius 3 is 2.42 bits per heavy atom. The van der Waals surface area contributed by atoms with E-state index >= 15 is 0 Å². The Hall–Kier alpha value is -3.25. The van der Waals surface area contributed by atoms with Gasteiger partial charge in [-0.1, -0.05) is 48.5 Å². The molecule has 6 heteroatoms. The van der Waals surface area contributed by atoms with E-state index in [1.165, 1.54) is 0 Å². The lowest BCUT2D eigenvalue weighted by Gasteiger charge is -2.12. The fourth-order valence-electron chi connectivity index (χ4n) is 2.37. The maximum absolute atomic E-state index is 5.36. The summed E-state index contributed by atoms with van der Waals surface area (Å²) in [6, 6.07) is 23.1. The van der Waals surface area contributed by atoms with Crippen molar-refractivity contribution < 1.29 is 4.74 Å². The molecule has 1 aromatic heterocycles. The first-order valence-corrected chi connectivity index (χ1v) is 8.43. The van der Waals surface area contributed by atoms with Crippen molar-refractivity contribution in [2.45, 2.75) is 0 Å². The van der Waals surface area contributed by atoms with E-state index in [0.29, 0.717) is 16.6 Å². The number of thiocarbonyl (C=S) groups is 1. The van der Waals surface area contributed by atoms with Gasteiger partial charge in [0.2, 0.25) is 0 Å². The highest BCUT2D eigenvalue weighted by molar-refractivity contribution is 7.80. The number of aromatic nitrogens is 1. The summed E-state index contributed by atoms with van der Waals surface area (Å²) in [5, 5.41) is 7.92. The van der Waals surface area contributed by atoms with Crippen molar-refractivity contribution in [3.63, 3.8) is 0 Å². The summed E-state index contributed by atoms with van der Waals surface area (Å²) in [5.41, 5.74) is 6.06. The number of pyridine rings is 1. The molecule has 0 saturated carbocycles. The molecule has 3 aromatic rings. The number of nitrogens with one attached hydrogen (secondary N) is 2. The zero-order valence-electron chi connectivity index (χ0n) is 14.2. The van der Waals surface area contributed by atoms with Crippen LogP contribution >= 0.6 is 12.2 Å². The minimum atomic E-state index is 0.360. The topological polar surface area (TPSA) is 58.5 Å². The zero-order chi connectivity index (χ0) is 18.2. The van der Waals surface area contributed by atoms with Gasteiger partial charge in [-0.25, -0.2) is 0 Å². The fraction of sp³-hybridized carbons (Fsp3) is 0.0500. The molecular weight excluding hydrogens is 344 g/mol. The Kier molecular flexibility index (Phi) is 5.90. The molecule has 0 aliphatic heterocycles. The van der Waals surface area contributed by atoms with Gasteiger partial charge in [-0.15, -0.1) is 0 Å². The largest absolute Gasteiger partial charge is 0.495 e. The van der Waals surface area contributed by atoms with Crippen molar-refractivity contribution in [1.29, 1.82) is 0 Å². The van der Waals surface area contributed by atoms with E-state index in [9.17, 15) is 0 Å². The molecule has 0 atom stereocenters. The lowest BCUT2D eigenvalue weighted by atomic mass is 10.1. The number of nitrogens with zero attached hydrogens (tertiary/aromatic N) is 2. The predicted octanol–water partition coefficient (Wildman–Crippen LogP) is 3.83. The molecule has 2 N–H and O–H groups in total. The molecule has 1 heterocycles. The number of methoxy groups -OCH3 is 1. The van der Waals surface area contributed by atoms with Gasteiger partial charge in [0.1, 0.15) is 11.5 Å². The summed E-state index contributed by atoms with van der Waals surface area (Å²) >= 11 is 5.36. The Balaban J connectivity index is 1.81. The minimum Gasteiger partial charge on any atom is -0.495 e. The molecule has 0 fully saturated rings. The smallest absolute Gasteiger partial charge is 0.191 e. The van der Waals surface area contributed by atoms with Crippen LogP contribution in [0.1, 0.15) is 11.3 Å². The SMILES string of the molecule is COc1ccccc1NC(=S)N/N=C(\c1ccccc1)c1ccccn1. The van der Waals surface area contributed by atoms with E-state index in [1.807, 2.05) is 72.8 Å². The molecule has 3 rings (SSSR count). The molecule has 0 bridgehead atoms. The summed E-state index contributed by atoms with van der Waals surface area (Å²) in [5.74, 6) is 0.702. The third-order valence-corrected chi connectivity index (χ3v) is 3.77. The number of hydrogen-bond donors (Lipinski definition) is 2. The van der Waals surface area contributed by atoms with Crippen molar-refractivity contribution in [1.82, 2.24) is 10.4 Å². The van der Waals surface area contributed by atoms with E-state index in [4.69, 9.17) is 17.0 Å². The standard InChI is InChI=1S/C20H18N4OS/c1-25-18-13-6-5-11-16(18)22-20(26)24-23-19(15-9-3-2-4-10-15)17-12-7-8-14-21-17/h2-14H,1H3,(H2,22,24,26)/b23-19+. The molecule has 0 amide bonds. The average Bonchev–Trinajstić information content (AvgIpc) is 2.70. The second-order valence-corrected chi connectivity index (χ2v) is 5.72. The van der Waals surface area contributed by atoms with Crippen LogP contribution in [0.2, 0.25) is 0 Å². The van der Waals surface area contributed by atoms with E-state index < -0.39 is 0 Å². The van der Waals surface area contributed by atoms with Crippen LogP contribution in [0.25, 0.3) is 0 Å². The second-order valence-electron chi connectivity index (χ2n) is 5.31. The zero-order valence-corrected chi connectivity index (χ0v) is 15.0. The highest BCUT2D eigenvalue weighted by atomic mass is 32.1. The average molecular weight is 362 g/mol. The van der Waals surface area contributed by atoms with E-state index in [-0.39, 0.29) is 0 Å². The van der Waals surface area contributed by atoms with Crippen LogP contribution in [-0.4, -0.2) is 22.9 Å². The Bertz CT molecular complexity index is 856. The van der Waals surface area contributed by atoms with Gasteiger partial charge in [-0.05, 0) is 36.5 Å². The summed E-state index contributed by atoms with van der Waals surface area (Å²) < 4.78 is 5.31. The van der Waals surface area contributed by atoms with Crippen molar-refractivity contribution in [2.75, 3.05) is 12.4 Å². The third kappa shape index (κ3) is 4.43.